The molecule has 5 heteroatoms. The maximum Gasteiger partial charge on any atom is 0.491 e. The normalized spacial score (nSPS) is 27.2. The standard InChI is InChI=1S/C11H20BNO2.ClH/c1-10(2)11(3,4)15-12(14-10)9-6-5-7-13-8-9;/h6,13H,5,7-8H2,1-4H3;1H. The van der Waals surface area contributed by atoms with Crippen LogP contribution in [0.4, 0.5) is 0 Å². The second kappa shape index (κ2) is 4.69. The zero-order chi connectivity index (χ0) is 11.1. The first kappa shape index (κ1) is 14.0. The number of hydrogen-bond donors (Lipinski definition) is 1. The largest absolute Gasteiger partial charge is 0.491 e. The Bertz CT molecular complexity index is 276. The van der Waals surface area contributed by atoms with Crippen LogP contribution in [0.2, 0.25) is 0 Å². The van der Waals surface area contributed by atoms with Gasteiger partial charge >= 0.3 is 7.12 Å². The molecule has 0 aromatic heterocycles. The molecule has 0 aliphatic carbocycles. The second-order valence-electron chi connectivity index (χ2n) is 5.33. The molecule has 0 radical (unpaired) electrons. The SMILES string of the molecule is CC1(C)OB(C2=CCCNC2)OC1(C)C.Cl. The molecule has 2 rings (SSSR count). The van der Waals surface area contributed by atoms with Crippen molar-refractivity contribution < 1.29 is 9.31 Å². The van der Waals surface area contributed by atoms with Gasteiger partial charge in [-0.2, -0.15) is 0 Å². The third-order valence-electron chi connectivity index (χ3n) is 3.61. The van der Waals surface area contributed by atoms with Gasteiger partial charge in [-0.3, -0.25) is 0 Å². The van der Waals surface area contributed by atoms with Crippen LogP contribution in [0.15, 0.2) is 11.5 Å². The molecule has 0 aromatic rings. The van der Waals surface area contributed by atoms with Crippen molar-refractivity contribution >= 4 is 19.5 Å². The lowest BCUT2D eigenvalue weighted by Crippen LogP contribution is -2.41. The van der Waals surface area contributed by atoms with Crippen molar-refractivity contribution in [3.63, 3.8) is 0 Å². The molecular weight excluding hydrogens is 224 g/mol. The number of halogens is 1. The average Bonchev–Trinajstić information content (AvgIpc) is 2.38. The highest BCUT2D eigenvalue weighted by atomic mass is 35.5. The summed E-state index contributed by atoms with van der Waals surface area (Å²) >= 11 is 0. The zero-order valence-corrected chi connectivity index (χ0v) is 11.3. The monoisotopic (exact) mass is 245 g/mol. The molecule has 0 aromatic carbocycles. The van der Waals surface area contributed by atoms with E-state index in [1.54, 1.807) is 0 Å². The van der Waals surface area contributed by atoms with E-state index in [0.717, 1.165) is 19.5 Å². The second-order valence-corrected chi connectivity index (χ2v) is 5.33. The topological polar surface area (TPSA) is 30.5 Å². The first-order valence-corrected chi connectivity index (χ1v) is 5.68. The molecule has 2 aliphatic heterocycles. The summed E-state index contributed by atoms with van der Waals surface area (Å²) in [4.78, 5) is 0. The van der Waals surface area contributed by atoms with Gasteiger partial charge in [0.1, 0.15) is 0 Å². The third kappa shape index (κ3) is 2.45. The number of rotatable bonds is 1. The van der Waals surface area contributed by atoms with Crippen LogP contribution < -0.4 is 5.32 Å². The van der Waals surface area contributed by atoms with Gasteiger partial charge in [0.05, 0.1) is 11.2 Å². The van der Waals surface area contributed by atoms with E-state index in [0.29, 0.717) is 0 Å². The molecule has 92 valence electrons. The van der Waals surface area contributed by atoms with Crippen molar-refractivity contribution in [1.29, 1.82) is 0 Å². The van der Waals surface area contributed by atoms with Crippen LogP contribution >= 0.6 is 12.4 Å². The molecule has 0 atom stereocenters. The van der Waals surface area contributed by atoms with Crippen LogP contribution in [0.1, 0.15) is 34.1 Å². The maximum atomic E-state index is 5.97. The van der Waals surface area contributed by atoms with Gasteiger partial charge in [-0.25, -0.2) is 0 Å². The smallest absolute Gasteiger partial charge is 0.400 e. The Morgan fingerprint density at radius 3 is 2.19 bits per heavy atom. The summed E-state index contributed by atoms with van der Waals surface area (Å²) in [7, 11) is -0.164. The van der Waals surface area contributed by atoms with Crippen LogP contribution in [0, 0.1) is 0 Å². The Labute approximate surface area is 105 Å². The Morgan fingerprint density at radius 2 is 1.75 bits per heavy atom. The van der Waals surface area contributed by atoms with Gasteiger partial charge < -0.3 is 14.6 Å². The van der Waals surface area contributed by atoms with Gasteiger partial charge in [0.15, 0.2) is 0 Å². The van der Waals surface area contributed by atoms with Crippen molar-refractivity contribution in [1.82, 2.24) is 5.32 Å². The lowest BCUT2D eigenvalue weighted by atomic mass is 9.76. The molecule has 0 spiro atoms. The van der Waals surface area contributed by atoms with E-state index in [1.807, 2.05) is 0 Å². The third-order valence-corrected chi connectivity index (χ3v) is 3.61. The summed E-state index contributed by atoms with van der Waals surface area (Å²) in [6.07, 6.45) is 3.30. The summed E-state index contributed by atoms with van der Waals surface area (Å²) in [6, 6.07) is 0. The predicted octanol–water partition coefficient (Wildman–Crippen LogP) is 1.96. The summed E-state index contributed by atoms with van der Waals surface area (Å²) in [6.45, 7) is 10.3. The van der Waals surface area contributed by atoms with E-state index in [1.165, 1.54) is 5.47 Å². The lowest BCUT2D eigenvalue weighted by Gasteiger charge is -2.32. The van der Waals surface area contributed by atoms with Crippen LogP contribution in [0.3, 0.4) is 0 Å². The minimum Gasteiger partial charge on any atom is -0.400 e. The molecule has 3 nitrogen and oxygen atoms in total. The minimum absolute atomic E-state index is 0. The molecule has 0 saturated carbocycles. The van der Waals surface area contributed by atoms with Crippen molar-refractivity contribution in [3.05, 3.63) is 11.5 Å². The Balaban J connectivity index is 0.00000128. The van der Waals surface area contributed by atoms with Gasteiger partial charge in [-0.15, -0.1) is 12.4 Å². The highest BCUT2D eigenvalue weighted by Crippen LogP contribution is 2.38. The van der Waals surface area contributed by atoms with Crippen LogP contribution in [-0.2, 0) is 9.31 Å². The van der Waals surface area contributed by atoms with Crippen molar-refractivity contribution in [3.8, 4) is 0 Å². The molecule has 1 N–H and O–H groups in total. The van der Waals surface area contributed by atoms with Gasteiger partial charge in [0.2, 0.25) is 0 Å². The molecular formula is C11H21BClNO2. The first-order valence-electron chi connectivity index (χ1n) is 5.68. The van der Waals surface area contributed by atoms with E-state index in [2.05, 4.69) is 39.1 Å². The fourth-order valence-corrected chi connectivity index (χ4v) is 1.84. The van der Waals surface area contributed by atoms with Gasteiger partial charge in [0.25, 0.3) is 0 Å². The predicted molar refractivity (Wildman–Crippen MR) is 68.9 cm³/mol. The minimum atomic E-state index is -0.226. The van der Waals surface area contributed by atoms with E-state index in [9.17, 15) is 0 Å². The highest BCUT2D eigenvalue weighted by Gasteiger charge is 2.52. The fraction of sp³-hybridized carbons (Fsp3) is 0.818. The molecule has 2 heterocycles. The Morgan fingerprint density at radius 1 is 1.19 bits per heavy atom. The molecule has 1 fully saturated rings. The van der Waals surface area contributed by atoms with Gasteiger partial charge in [0, 0.05) is 6.54 Å². The average molecular weight is 246 g/mol. The summed E-state index contributed by atoms with van der Waals surface area (Å²) in [5, 5.41) is 3.34. The summed E-state index contributed by atoms with van der Waals surface area (Å²) in [5.41, 5.74) is 0.784. The van der Waals surface area contributed by atoms with Crippen LogP contribution in [0.25, 0.3) is 0 Å². The van der Waals surface area contributed by atoms with Crippen molar-refractivity contribution in [2.75, 3.05) is 13.1 Å². The number of hydrogen-bond acceptors (Lipinski definition) is 3. The van der Waals surface area contributed by atoms with E-state index >= 15 is 0 Å². The molecule has 2 aliphatic rings. The Kier molecular flexibility index (Phi) is 4.11. The maximum absolute atomic E-state index is 5.97. The van der Waals surface area contributed by atoms with Gasteiger partial charge in [-0.05, 0) is 46.1 Å². The van der Waals surface area contributed by atoms with E-state index in [-0.39, 0.29) is 30.7 Å². The first-order chi connectivity index (χ1) is 6.92. The van der Waals surface area contributed by atoms with Gasteiger partial charge in [-0.1, -0.05) is 6.08 Å². The zero-order valence-electron chi connectivity index (χ0n) is 10.5. The summed E-state index contributed by atoms with van der Waals surface area (Å²) < 4.78 is 11.9. The Hall–Kier alpha value is -0.0251. The van der Waals surface area contributed by atoms with Crippen LogP contribution in [-0.4, -0.2) is 31.4 Å². The highest BCUT2D eigenvalue weighted by molar-refractivity contribution is 6.54. The fourth-order valence-electron chi connectivity index (χ4n) is 1.84. The molecule has 16 heavy (non-hydrogen) atoms. The quantitative estimate of drug-likeness (QED) is 0.717. The van der Waals surface area contributed by atoms with Crippen molar-refractivity contribution in [2.45, 2.75) is 45.3 Å². The van der Waals surface area contributed by atoms with Crippen LogP contribution in [0.5, 0.6) is 0 Å². The number of nitrogens with one attached hydrogen (secondary N) is 1. The molecule has 0 bridgehead atoms. The molecule has 0 amide bonds. The van der Waals surface area contributed by atoms with E-state index < -0.39 is 0 Å². The molecule has 0 unspecified atom stereocenters. The lowest BCUT2D eigenvalue weighted by molar-refractivity contribution is 0.00578. The summed E-state index contributed by atoms with van der Waals surface area (Å²) in [5.74, 6) is 0. The molecule has 1 saturated heterocycles. The van der Waals surface area contributed by atoms with E-state index in [4.69, 9.17) is 9.31 Å². The van der Waals surface area contributed by atoms with Crippen molar-refractivity contribution in [2.24, 2.45) is 0 Å².